The number of esters is 2. The first-order valence-electron chi connectivity index (χ1n) is 16.6. The van der Waals surface area contributed by atoms with Gasteiger partial charge in [-0.05, 0) is 99.7 Å². The van der Waals surface area contributed by atoms with Gasteiger partial charge in [-0.25, -0.2) is 4.79 Å². The van der Waals surface area contributed by atoms with E-state index in [4.69, 9.17) is 9.47 Å². The Hall–Kier alpha value is -3.62. The number of nitrogens with zero attached hydrogens (tertiary/aromatic N) is 2. The lowest BCUT2D eigenvalue weighted by Gasteiger charge is -2.35. The van der Waals surface area contributed by atoms with Crippen LogP contribution < -0.4 is 0 Å². The summed E-state index contributed by atoms with van der Waals surface area (Å²) < 4.78 is 11.7. The predicted octanol–water partition coefficient (Wildman–Crippen LogP) is 5.36. The summed E-state index contributed by atoms with van der Waals surface area (Å²) in [5.41, 5.74) is 1.70. The molecule has 3 heterocycles. The number of pyridine rings is 1. The van der Waals surface area contributed by atoms with E-state index in [0.29, 0.717) is 69.9 Å². The molecule has 1 saturated heterocycles. The number of allylic oxidation sites excluding steroid dienone is 3. The van der Waals surface area contributed by atoms with Gasteiger partial charge >= 0.3 is 11.9 Å². The molecular formula is C36H48N2O7. The molecule has 1 amide bonds. The van der Waals surface area contributed by atoms with Gasteiger partial charge in [0, 0.05) is 31.3 Å². The van der Waals surface area contributed by atoms with Crippen molar-refractivity contribution in [3.63, 3.8) is 0 Å². The van der Waals surface area contributed by atoms with Gasteiger partial charge in [-0.1, -0.05) is 32.1 Å². The Balaban J connectivity index is 1.59. The van der Waals surface area contributed by atoms with Crippen LogP contribution in [0.4, 0.5) is 0 Å². The minimum absolute atomic E-state index is 0.00402. The highest BCUT2D eigenvalue weighted by Crippen LogP contribution is 2.34. The van der Waals surface area contributed by atoms with E-state index in [1.807, 2.05) is 32.1 Å². The maximum atomic E-state index is 13.7. The smallest absolute Gasteiger partial charge is 0.329 e. The van der Waals surface area contributed by atoms with Gasteiger partial charge in [-0.2, -0.15) is 0 Å². The van der Waals surface area contributed by atoms with Crippen molar-refractivity contribution in [1.29, 1.82) is 0 Å². The van der Waals surface area contributed by atoms with Crippen molar-refractivity contribution in [2.75, 3.05) is 13.2 Å². The molecule has 0 spiro atoms. The second-order valence-corrected chi connectivity index (χ2v) is 13.0. The quantitative estimate of drug-likeness (QED) is 0.245. The third kappa shape index (κ3) is 9.44. The van der Waals surface area contributed by atoms with Gasteiger partial charge in [0.25, 0.3) is 5.91 Å². The summed E-state index contributed by atoms with van der Waals surface area (Å²) in [6.45, 7) is 8.32. The van der Waals surface area contributed by atoms with E-state index in [2.05, 4.69) is 11.6 Å². The Morgan fingerprint density at radius 3 is 2.56 bits per heavy atom. The summed E-state index contributed by atoms with van der Waals surface area (Å²) in [5, 5.41) is 0. The van der Waals surface area contributed by atoms with E-state index in [-0.39, 0.29) is 43.0 Å². The molecule has 1 aromatic rings. The van der Waals surface area contributed by atoms with Gasteiger partial charge in [0.2, 0.25) is 5.78 Å². The molecule has 0 N–H and O–H groups in total. The zero-order valence-corrected chi connectivity index (χ0v) is 26.8. The zero-order chi connectivity index (χ0) is 32.3. The summed E-state index contributed by atoms with van der Waals surface area (Å²) in [6.07, 6.45) is 12.7. The van der Waals surface area contributed by atoms with Crippen LogP contribution in [0.25, 0.3) is 0 Å². The molecule has 244 valence electrons. The number of hydrogen-bond donors (Lipinski definition) is 0. The molecule has 2 fully saturated rings. The maximum Gasteiger partial charge on any atom is 0.329 e. The average molecular weight is 621 g/mol. The van der Waals surface area contributed by atoms with Gasteiger partial charge in [0.15, 0.2) is 5.78 Å². The van der Waals surface area contributed by atoms with Crippen LogP contribution in [-0.2, 0) is 39.9 Å². The van der Waals surface area contributed by atoms with Gasteiger partial charge in [-0.3, -0.25) is 24.2 Å². The second kappa shape index (κ2) is 16.6. The number of fused-ring (bicyclic) bond motifs is 3. The van der Waals surface area contributed by atoms with Gasteiger partial charge < -0.3 is 14.4 Å². The molecule has 9 nitrogen and oxygen atoms in total. The molecule has 3 aliphatic rings. The fourth-order valence-corrected chi connectivity index (χ4v) is 6.74. The van der Waals surface area contributed by atoms with Gasteiger partial charge in [-0.15, -0.1) is 6.58 Å². The Morgan fingerprint density at radius 2 is 1.80 bits per heavy atom. The number of aromatic nitrogens is 1. The number of carbonyl (C=O) groups is 5. The van der Waals surface area contributed by atoms with E-state index >= 15 is 0 Å². The molecule has 1 saturated carbocycles. The molecule has 1 aromatic heterocycles. The number of aryl methyl sites for hydroxylation is 1. The number of piperidine rings is 1. The highest BCUT2D eigenvalue weighted by atomic mass is 16.5. The molecular weight excluding hydrogens is 572 g/mol. The monoisotopic (exact) mass is 620 g/mol. The van der Waals surface area contributed by atoms with Crippen molar-refractivity contribution >= 4 is 29.4 Å². The number of ether oxygens (including phenoxy) is 2. The number of cyclic esters (lactones) is 2. The van der Waals surface area contributed by atoms with E-state index < -0.39 is 41.6 Å². The number of carbonyl (C=O) groups excluding carboxylic acids is 5. The highest BCUT2D eigenvalue weighted by Gasteiger charge is 2.42. The summed E-state index contributed by atoms with van der Waals surface area (Å²) in [5.74, 6) is -3.17. The molecule has 6 atom stereocenters. The first-order valence-corrected chi connectivity index (χ1v) is 16.6. The first kappa shape index (κ1) is 34.3. The van der Waals surface area contributed by atoms with Crippen LogP contribution in [-0.4, -0.2) is 64.6 Å². The van der Waals surface area contributed by atoms with Crippen LogP contribution in [0.2, 0.25) is 0 Å². The number of amides is 1. The molecule has 0 radical (unpaired) electrons. The van der Waals surface area contributed by atoms with Crippen LogP contribution in [0.5, 0.6) is 0 Å². The van der Waals surface area contributed by atoms with Crippen molar-refractivity contribution in [1.82, 2.24) is 9.88 Å². The summed E-state index contributed by atoms with van der Waals surface area (Å²) >= 11 is 0. The standard InChI is InChI=1S/C36H48N2O7/c1-4-8-27-21-24(2)17-20-44-35(42)29-14-13-28(22-29)33(40)34(41)38-19-6-5-10-30(38)36(43)45-32(25(3)11-15-31(27)39)16-12-26-9-7-18-37-23-26/h4,7,9,18,21,23-25,28-30,32H,1,5-6,8,10-17,19-20,22H2,2-3H3/t24?,25?,28-,29?,30-,32?/m0/s1. The lowest BCUT2D eigenvalue weighted by atomic mass is 9.90. The van der Waals surface area contributed by atoms with Crippen molar-refractivity contribution in [3.05, 3.63) is 54.4 Å². The Labute approximate surface area is 266 Å². The SMILES string of the molecule is C=CCC1=CC(C)CCOC(=O)C2CC[C@@H](C2)C(=O)C(=O)N2CCCC[C@H]2C(=O)OC(CCc2cccnc2)C(C)CCC1=O. The second-order valence-electron chi connectivity index (χ2n) is 13.0. The topological polar surface area (TPSA) is 120 Å². The van der Waals surface area contributed by atoms with Crippen LogP contribution in [0.3, 0.4) is 0 Å². The fourth-order valence-electron chi connectivity index (χ4n) is 6.74. The zero-order valence-electron chi connectivity index (χ0n) is 26.8. The largest absolute Gasteiger partial charge is 0.465 e. The molecule has 1 aliphatic carbocycles. The molecule has 2 bridgehead atoms. The number of ketones is 2. The van der Waals surface area contributed by atoms with Crippen LogP contribution in [0, 0.1) is 23.7 Å². The Bertz CT molecular complexity index is 1260. The summed E-state index contributed by atoms with van der Waals surface area (Å²) in [6, 6.07) is 3.00. The Kier molecular flexibility index (Phi) is 12.7. The van der Waals surface area contributed by atoms with Gasteiger partial charge in [0.1, 0.15) is 12.1 Å². The maximum absolute atomic E-state index is 13.7. The highest BCUT2D eigenvalue weighted by molar-refractivity contribution is 6.37. The molecule has 2 aliphatic heterocycles. The van der Waals surface area contributed by atoms with Crippen LogP contribution in [0.1, 0.15) is 90.0 Å². The van der Waals surface area contributed by atoms with Crippen molar-refractivity contribution < 1.29 is 33.4 Å². The van der Waals surface area contributed by atoms with Gasteiger partial charge in [0.05, 0.1) is 12.5 Å². The molecule has 0 aromatic carbocycles. The molecule has 4 rings (SSSR count). The number of rotatable bonds is 5. The van der Waals surface area contributed by atoms with Crippen LogP contribution >= 0.6 is 0 Å². The average Bonchev–Trinajstić information content (AvgIpc) is 3.55. The minimum atomic E-state index is -0.843. The summed E-state index contributed by atoms with van der Waals surface area (Å²) in [7, 11) is 0. The lowest BCUT2D eigenvalue weighted by molar-refractivity contribution is -0.165. The van der Waals surface area contributed by atoms with E-state index in [1.165, 1.54) is 4.90 Å². The number of hydrogen-bond acceptors (Lipinski definition) is 8. The van der Waals surface area contributed by atoms with Crippen molar-refractivity contribution in [2.24, 2.45) is 23.7 Å². The summed E-state index contributed by atoms with van der Waals surface area (Å²) in [4.78, 5) is 72.4. The third-order valence-corrected chi connectivity index (χ3v) is 9.58. The third-order valence-electron chi connectivity index (χ3n) is 9.58. The van der Waals surface area contributed by atoms with E-state index in [9.17, 15) is 24.0 Å². The fraction of sp³-hybridized carbons (Fsp3) is 0.611. The molecule has 9 heteroatoms. The van der Waals surface area contributed by atoms with E-state index in [1.54, 1.807) is 18.5 Å². The van der Waals surface area contributed by atoms with E-state index in [0.717, 1.165) is 12.0 Å². The molecule has 45 heavy (non-hydrogen) atoms. The van der Waals surface area contributed by atoms with Crippen molar-refractivity contribution in [2.45, 2.75) is 103 Å². The minimum Gasteiger partial charge on any atom is -0.465 e. The van der Waals surface area contributed by atoms with Crippen molar-refractivity contribution in [3.8, 4) is 0 Å². The lowest BCUT2D eigenvalue weighted by Crippen LogP contribution is -2.52. The Morgan fingerprint density at radius 1 is 1.00 bits per heavy atom. The normalized spacial score (nSPS) is 29.6. The number of Topliss-reactive ketones (excluding diaryl/α,β-unsaturated/α-hetero) is 2. The first-order chi connectivity index (χ1) is 21.7. The van der Waals surface area contributed by atoms with Crippen LogP contribution in [0.15, 0.2) is 48.8 Å². The predicted molar refractivity (Wildman–Crippen MR) is 169 cm³/mol. The molecule has 4 unspecified atom stereocenters.